The van der Waals surface area contributed by atoms with Gasteiger partial charge in [0.05, 0.1) is 30.1 Å². The van der Waals surface area contributed by atoms with Gasteiger partial charge in [-0.05, 0) is 26.7 Å². The molecular weight excluding hydrogens is 422 g/mol. The maximum Gasteiger partial charge on any atom is 0.249 e. The van der Waals surface area contributed by atoms with Crippen molar-refractivity contribution >= 4 is 17.7 Å². The standard InChI is InChI=1S/C25H37N3O5/c1-7-16(4)17(14-29)28-20-23(32)27(15(2)3)13-9-11-25(20)19(22(28)31)18-21(30)26(6)12-8-10-24(18,5)33-25/h8-11,15-20,29H,7,12-14H2,1-6H3/t16-,17-,18+,19-,20?,24-,25-/m0/s1. The Morgan fingerprint density at radius 3 is 2.33 bits per heavy atom. The van der Waals surface area contributed by atoms with E-state index in [1.807, 2.05) is 58.9 Å². The highest BCUT2D eigenvalue weighted by Gasteiger charge is 2.75. The molecule has 0 aliphatic carbocycles. The lowest BCUT2D eigenvalue weighted by Crippen LogP contribution is -2.60. The summed E-state index contributed by atoms with van der Waals surface area (Å²) in [7, 11) is 1.72. The van der Waals surface area contributed by atoms with Crippen molar-refractivity contribution in [3.8, 4) is 0 Å². The Morgan fingerprint density at radius 1 is 1.06 bits per heavy atom. The summed E-state index contributed by atoms with van der Waals surface area (Å²) in [6.45, 7) is 10.3. The van der Waals surface area contributed by atoms with E-state index >= 15 is 0 Å². The summed E-state index contributed by atoms with van der Waals surface area (Å²) >= 11 is 0. The number of carbonyl (C=O) groups excluding carboxylic acids is 3. The number of aliphatic hydroxyl groups excluding tert-OH is 1. The lowest BCUT2D eigenvalue weighted by molar-refractivity contribution is -0.157. The van der Waals surface area contributed by atoms with Gasteiger partial charge in [0.1, 0.15) is 11.6 Å². The van der Waals surface area contributed by atoms with Gasteiger partial charge < -0.3 is 24.5 Å². The van der Waals surface area contributed by atoms with Crippen LogP contribution in [0.2, 0.25) is 0 Å². The lowest BCUT2D eigenvalue weighted by Gasteiger charge is -2.42. The molecule has 2 saturated heterocycles. The topological polar surface area (TPSA) is 90.4 Å². The first-order chi connectivity index (χ1) is 15.5. The molecule has 8 heteroatoms. The van der Waals surface area contributed by atoms with Crippen LogP contribution in [-0.4, -0.2) is 93.6 Å². The Bertz CT molecular complexity index is 900. The molecule has 4 aliphatic rings. The number of likely N-dealkylation sites (tertiary alicyclic amines) is 1. The minimum absolute atomic E-state index is 0.0267. The minimum Gasteiger partial charge on any atom is -0.394 e. The minimum atomic E-state index is -1.27. The summed E-state index contributed by atoms with van der Waals surface area (Å²) < 4.78 is 6.74. The zero-order valence-electron chi connectivity index (χ0n) is 20.5. The third-order valence-corrected chi connectivity index (χ3v) is 8.20. The molecule has 0 saturated carbocycles. The highest BCUT2D eigenvalue weighted by atomic mass is 16.5. The summed E-state index contributed by atoms with van der Waals surface area (Å²) in [5, 5.41) is 10.3. The van der Waals surface area contributed by atoms with Gasteiger partial charge in [0.15, 0.2) is 0 Å². The number of hydrogen-bond donors (Lipinski definition) is 1. The first-order valence-corrected chi connectivity index (χ1v) is 12.1. The van der Waals surface area contributed by atoms with E-state index in [-0.39, 0.29) is 36.3 Å². The summed E-state index contributed by atoms with van der Waals surface area (Å²) in [6.07, 6.45) is 8.26. The zero-order valence-corrected chi connectivity index (χ0v) is 20.5. The Morgan fingerprint density at radius 2 is 1.73 bits per heavy atom. The van der Waals surface area contributed by atoms with E-state index in [2.05, 4.69) is 0 Å². The van der Waals surface area contributed by atoms with Crippen LogP contribution in [-0.2, 0) is 19.1 Å². The SMILES string of the molecule is CC[C@H](C)[C@H](CO)N1C(=O)[C@@H]2[C@@H]3C(=O)N(C)CC=C[C@]3(C)O[C@@]23C=CCN(C(C)C)C(=O)C13. The van der Waals surface area contributed by atoms with E-state index in [9.17, 15) is 19.5 Å². The second-order valence-electron chi connectivity index (χ2n) is 10.5. The molecule has 0 aromatic rings. The van der Waals surface area contributed by atoms with Gasteiger partial charge in [0, 0.05) is 26.2 Å². The quantitative estimate of drug-likeness (QED) is 0.624. The van der Waals surface area contributed by atoms with Crippen LogP contribution in [0.5, 0.6) is 0 Å². The molecule has 0 bridgehead atoms. The second-order valence-corrected chi connectivity index (χ2v) is 10.5. The second kappa shape index (κ2) is 8.24. The molecule has 1 spiro atoms. The van der Waals surface area contributed by atoms with Crippen LogP contribution >= 0.6 is 0 Å². The Balaban J connectivity index is 1.93. The number of rotatable bonds is 5. The molecular formula is C25H37N3O5. The third-order valence-electron chi connectivity index (χ3n) is 8.20. The van der Waals surface area contributed by atoms with Crippen molar-refractivity contribution in [2.75, 3.05) is 26.7 Å². The fraction of sp³-hybridized carbons (Fsp3) is 0.720. The van der Waals surface area contributed by atoms with Gasteiger partial charge in [-0.2, -0.15) is 0 Å². The average molecular weight is 460 g/mol. The number of fused-ring (bicyclic) bond motifs is 2. The lowest BCUT2D eigenvalue weighted by atomic mass is 9.74. The summed E-state index contributed by atoms with van der Waals surface area (Å²) in [5.74, 6) is -2.25. The Kier molecular flexibility index (Phi) is 5.98. The first kappa shape index (κ1) is 24.0. The summed E-state index contributed by atoms with van der Waals surface area (Å²) in [5.41, 5.74) is -2.27. The number of hydrogen-bond acceptors (Lipinski definition) is 5. The number of ether oxygens (including phenoxy) is 1. The number of nitrogens with zero attached hydrogens (tertiary/aromatic N) is 3. The fourth-order valence-electron chi connectivity index (χ4n) is 6.24. The molecule has 33 heavy (non-hydrogen) atoms. The molecule has 4 aliphatic heterocycles. The maximum atomic E-state index is 14.2. The van der Waals surface area contributed by atoms with Crippen LogP contribution in [0.25, 0.3) is 0 Å². The van der Waals surface area contributed by atoms with E-state index in [0.717, 1.165) is 6.42 Å². The van der Waals surface area contributed by atoms with Crippen LogP contribution in [0.3, 0.4) is 0 Å². The molecule has 2 fully saturated rings. The number of amides is 3. The number of carbonyl (C=O) groups is 3. The van der Waals surface area contributed by atoms with E-state index in [0.29, 0.717) is 13.1 Å². The molecule has 0 radical (unpaired) electrons. The molecule has 182 valence electrons. The molecule has 3 amide bonds. The van der Waals surface area contributed by atoms with Crippen LogP contribution in [0.4, 0.5) is 0 Å². The van der Waals surface area contributed by atoms with E-state index < -0.39 is 35.1 Å². The van der Waals surface area contributed by atoms with Gasteiger partial charge in [0.2, 0.25) is 17.7 Å². The van der Waals surface area contributed by atoms with E-state index in [1.165, 1.54) is 0 Å². The van der Waals surface area contributed by atoms with Crippen molar-refractivity contribution < 1.29 is 24.2 Å². The van der Waals surface area contributed by atoms with Crippen molar-refractivity contribution in [3.63, 3.8) is 0 Å². The number of aliphatic hydroxyl groups is 1. The highest BCUT2D eigenvalue weighted by molar-refractivity contribution is 6.00. The average Bonchev–Trinajstić information content (AvgIpc) is 3.03. The van der Waals surface area contributed by atoms with Crippen LogP contribution < -0.4 is 0 Å². The summed E-state index contributed by atoms with van der Waals surface area (Å²) in [6, 6.07) is -1.54. The van der Waals surface area contributed by atoms with Gasteiger partial charge in [-0.3, -0.25) is 14.4 Å². The third kappa shape index (κ3) is 3.28. The van der Waals surface area contributed by atoms with Gasteiger partial charge in [0.25, 0.3) is 0 Å². The Labute approximate surface area is 196 Å². The largest absolute Gasteiger partial charge is 0.394 e. The van der Waals surface area contributed by atoms with Crippen molar-refractivity contribution in [2.24, 2.45) is 17.8 Å². The van der Waals surface area contributed by atoms with Crippen LogP contribution in [0.15, 0.2) is 24.3 Å². The molecule has 1 unspecified atom stereocenters. The first-order valence-electron chi connectivity index (χ1n) is 12.1. The summed E-state index contributed by atoms with van der Waals surface area (Å²) in [4.78, 5) is 46.7. The molecule has 1 N–H and O–H groups in total. The predicted octanol–water partition coefficient (Wildman–Crippen LogP) is 1.20. The molecule has 4 heterocycles. The normalized spacial score (nSPS) is 37.8. The number of likely N-dealkylation sites (N-methyl/N-ethyl adjacent to an activating group) is 1. The van der Waals surface area contributed by atoms with Crippen LogP contribution in [0.1, 0.15) is 41.0 Å². The molecule has 7 atom stereocenters. The maximum absolute atomic E-state index is 14.2. The highest BCUT2D eigenvalue weighted by Crippen LogP contribution is 2.58. The van der Waals surface area contributed by atoms with E-state index in [4.69, 9.17) is 4.74 Å². The molecule has 0 aromatic carbocycles. The van der Waals surface area contributed by atoms with E-state index in [1.54, 1.807) is 21.7 Å². The molecule has 4 rings (SSSR count). The Hall–Kier alpha value is -2.19. The molecule has 0 aromatic heterocycles. The van der Waals surface area contributed by atoms with Gasteiger partial charge >= 0.3 is 0 Å². The van der Waals surface area contributed by atoms with Crippen molar-refractivity contribution in [1.82, 2.24) is 14.7 Å². The molecule has 8 nitrogen and oxygen atoms in total. The van der Waals surface area contributed by atoms with Gasteiger partial charge in [-0.25, -0.2) is 0 Å². The fourth-order valence-corrected chi connectivity index (χ4v) is 6.24. The van der Waals surface area contributed by atoms with Crippen molar-refractivity contribution in [2.45, 2.75) is 70.4 Å². The van der Waals surface area contributed by atoms with Crippen LogP contribution in [0, 0.1) is 17.8 Å². The van der Waals surface area contributed by atoms with Crippen molar-refractivity contribution in [3.05, 3.63) is 24.3 Å². The zero-order chi connectivity index (χ0) is 24.3. The predicted molar refractivity (Wildman–Crippen MR) is 123 cm³/mol. The van der Waals surface area contributed by atoms with Gasteiger partial charge in [-0.15, -0.1) is 0 Å². The smallest absolute Gasteiger partial charge is 0.249 e. The van der Waals surface area contributed by atoms with Gasteiger partial charge in [-0.1, -0.05) is 44.6 Å². The monoisotopic (exact) mass is 459 g/mol. The van der Waals surface area contributed by atoms with Crippen molar-refractivity contribution in [1.29, 1.82) is 0 Å².